The number of nitrogens with one attached hydrogen (secondary N) is 1. The maximum absolute atomic E-state index is 9.65. The van der Waals surface area contributed by atoms with Gasteiger partial charge in [0.05, 0.1) is 6.10 Å². The fourth-order valence-electron chi connectivity index (χ4n) is 3.09. The molecule has 2 aromatic rings. The molecule has 1 saturated heterocycles. The van der Waals surface area contributed by atoms with Crippen molar-refractivity contribution in [2.75, 3.05) is 18.4 Å². The monoisotopic (exact) mass is 311 g/mol. The SMILES string of the molecule is CC(Nc1ccccc1CN1CCC(O)CC1)c1ccncc1. The third kappa shape index (κ3) is 4.30. The predicted molar refractivity (Wildman–Crippen MR) is 93.2 cm³/mol. The number of hydrogen-bond donors (Lipinski definition) is 2. The number of benzene rings is 1. The summed E-state index contributed by atoms with van der Waals surface area (Å²) in [7, 11) is 0. The Bertz CT molecular complexity index is 609. The van der Waals surface area contributed by atoms with Gasteiger partial charge in [-0.2, -0.15) is 0 Å². The molecule has 2 N–H and O–H groups in total. The van der Waals surface area contributed by atoms with Crippen molar-refractivity contribution in [3.63, 3.8) is 0 Å². The number of nitrogens with zero attached hydrogens (tertiary/aromatic N) is 2. The molecule has 2 heterocycles. The second kappa shape index (κ2) is 7.57. The molecule has 3 rings (SSSR count). The Morgan fingerprint density at radius 2 is 1.87 bits per heavy atom. The maximum atomic E-state index is 9.65. The van der Waals surface area contributed by atoms with E-state index in [4.69, 9.17) is 0 Å². The summed E-state index contributed by atoms with van der Waals surface area (Å²) in [5.74, 6) is 0. The molecule has 0 saturated carbocycles. The van der Waals surface area contributed by atoms with E-state index in [-0.39, 0.29) is 12.1 Å². The van der Waals surface area contributed by atoms with Crippen molar-refractivity contribution in [3.05, 3.63) is 59.9 Å². The Morgan fingerprint density at radius 3 is 2.61 bits per heavy atom. The minimum Gasteiger partial charge on any atom is -0.393 e. The van der Waals surface area contributed by atoms with Crippen LogP contribution in [0.2, 0.25) is 0 Å². The van der Waals surface area contributed by atoms with Gasteiger partial charge in [0.25, 0.3) is 0 Å². The molecule has 0 radical (unpaired) electrons. The van der Waals surface area contributed by atoms with Crippen LogP contribution in [-0.4, -0.2) is 34.2 Å². The van der Waals surface area contributed by atoms with Crippen LogP contribution < -0.4 is 5.32 Å². The van der Waals surface area contributed by atoms with Crippen molar-refractivity contribution in [3.8, 4) is 0 Å². The quantitative estimate of drug-likeness (QED) is 0.890. The Kier molecular flexibility index (Phi) is 5.26. The highest BCUT2D eigenvalue weighted by molar-refractivity contribution is 5.52. The zero-order valence-electron chi connectivity index (χ0n) is 13.7. The summed E-state index contributed by atoms with van der Waals surface area (Å²) in [6.45, 7) is 5.03. The predicted octanol–water partition coefficient (Wildman–Crippen LogP) is 3.21. The normalized spacial score (nSPS) is 17.8. The Morgan fingerprint density at radius 1 is 1.17 bits per heavy atom. The van der Waals surface area contributed by atoms with Gasteiger partial charge >= 0.3 is 0 Å². The van der Waals surface area contributed by atoms with Gasteiger partial charge in [-0.05, 0) is 49.1 Å². The van der Waals surface area contributed by atoms with Gasteiger partial charge in [0.1, 0.15) is 0 Å². The number of anilines is 1. The molecule has 1 unspecified atom stereocenters. The van der Waals surface area contributed by atoms with Gasteiger partial charge in [0.15, 0.2) is 0 Å². The van der Waals surface area contributed by atoms with Crippen LogP contribution in [0.5, 0.6) is 0 Å². The fraction of sp³-hybridized carbons (Fsp3) is 0.421. The smallest absolute Gasteiger partial charge is 0.0564 e. The topological polar surface area (TPSA) is 48.4 Å². The van der Waals surface area contributed by atoms with Crippen LogP contribution in [0.3, 0.4) is 0 Å². The van der Waals surface area contributed by atoms with Crippen LogP contribution in [0.15, 0.2) is 48.8 Å². The molecule has 0 bridgehead atoms. The number of piperidine rings is 1. The first-order chi connectivity index (χ1) is 11.2. The van der Waals surface area contributed by atoms with Crippen molar-refractivity contribution < 1.29 is 5.11 Å². The molecule has 1 atom stereocenters. The van der Waals surface area contributed by atoms with Gasteiger partial charge in [-0.15, -0.1) is 0 Å². The molecule has 4 heteroatoms. The summed E-state index contributed by atoms with van der Waals surface area (Å²) < 4.78 is 0. The molecule has 122 valence electrons. The van der Waals surface area contributed by atoms with Crippen molar-refractivity contribution in [2.24, 2.45) is 0 Å². The first-order valence-corrected chi connectivity index (χ1v) is 8.37. The van der Waals surface area contributed by atoms with Crippen molar-refractivity contribution >= 4 is 5.69 Å². The number of aliphatic hydroxyl groups excluding tert-OH is 1. The largest absolute Gasteiger partial charge is 0.393 e. The summed E-state index contributed by atoms with van der Waals surface area (Å²) in [5.41, 5.74) is 3.73. The van der Waals surface area contributed by atoms with Crippen LogP contribution >= 0.6 is 0 Å². The van der Waals surface area contributed by atoms with E-state index >= 15 is 0 Å². The van der Waals surface area contributed by atoms with Gasteiger partial charge in [-0.25, -0.2) is 0 Å². The summed E-state index contributed by atoms with van der Waals surface area (Å²) in [6, 6.07) is 12.8. The fourth-order valence-corrected chi connectivity index (χ4v) is 3.09. The summed E-state index contributed by atoms with van der Waals surface area (Å²) >= 11 is 0. The number of aliphatic hydroxyl groups is 1. The molecule has 0 amide bonds. The maximum Gasteiger partial charge on any atom is 0.0564 e. The highest BCUT2D eigenvalue weighted by Gasteiger charge is 2.18. The Hall–Kier alpha value is -1.91. The van der Waals surface area contributed by atoms with E-state index in [0.717, 1.165) is 32.5 Å². The lowest BCUT2D eigenvalue weighted by Gasteiger charge is -2.30. The van der Waals surface area contributed by atoms with E-state index < -0.39 is 0 Å². The first kappa shape index (κ1) is 16.0. The lowest BCUT2D eigenvalue weighted by molar-refractivity contribution is 0.0793. The summed E-state index contributed by atoms with van der Waals surface area (Å²) in [4.78, 5) is 6.50. The van der Waals surface area contributed by atoms with Crippen LogP contribution in [0.1, 0.15) is 36.9 Å². The molecule has 23 heavy (non-hydrogen) atoms. The van der Waals surface area contributed by atoms with Crippen molar-refractivity contribution in [1.82, 2.24) is 9.88 Å². The number of para-hydroxylation sites is 1. The van der Waals surface area contributed by atoms with Crippen LogP contribution in [0.4, 0.5) is 5.69 Å². The van der Waals surface area contributed by atoms with Gasteiger partial charge in [-0.1, -0.05) is 18.2 Å². The second-order valence-electron chi connectivity index (χ2n) is 6.31. The number of hydrogen-bond acceptors (Lipinski definition) is 4. The lowest BCUT2D eigenvalue weighted by Crippen LogP contribution is -2.35. The molecule has 1 aromatic heterocycles. The van der Waals surface area contributed by atoms with E-state index in [1.807, 2.05) is 24.5 Å². The second-order valence-corrected chi connectivity index (χ2v) is 6.31. The summed E-state index contributed by atoms with van der Waals surface area (Å²) in [6.07, 6.45) is 5.30. The first-order valence-electron chi connectivity index (χ1n) is 8.37. The average molecular weight is 311 g/mol. The molecule has 0 aliphatic carbocycles. The van der Waals surface area contributed by atoms with E-state index in [0.29, 0.717) is 0 Å². The molecule has 1 aliphatic heterocycles. The average Bonchev–Trinajstić information content (AvgIpc) is 2.59. The molecule has 1 fully saturated rings. The number of pyridine rings is 1. The van der Waals surface area contributed by atoms with Gasteiger partial charge < -0.3 is 10.4 Å². The molecule has 1 aliphatic rings. The van der Waals surface area contributed by atoms with Gasteiger partial charge in [0, 0.05) is 43.8 Å². The minimum atomic E-state index is -0.119. The highest BCUT2D eigenvalue weighted by Crippen LogP contribution is 2.24. The number of likely N-dealkylation sites (tertiary alicyclic amines) is 1. The highest BCUT2D eigenvalue weighted by atomic mass is 16.3. The number of aromatic nitrogens is 1. The number of rotatable bonds is 5. The summed E-state index contributed by atoms with van der Waals surface area (Å²) in [5, 5.41) is 13.3. The van der Waals surface area contributed by atoms with Crippen LogP contribution in [0, 0.1) is 0 Å². The molecule has 1 aromatic carbocycles. The Labute approximate surface area is 138 Å². The van der Waals surface area contributed by atoms with Crippen LogP contribution in [-0.2, 0) is 6.54 Å². The van der Waals surface area contributed by atoms with Gasteiger partial charge in [0.2, 0.25) is 0 Å². The zero-order chi connectivity index (χ0) is 16.1. The standard InChI is InChI=1S/C19H25N3O/c1-15(16-6-10-20-11-7-16)21-19-5-3-2-4-17(19)14-22-12-8-18(23)9-13-22/h2-7,10-11,15,18,21,23H,8-9,12-14H2,1H3. The van der Waals surface area contributed by atoms with Crippen molar-refractivity contribution in [2.45, 2.75) is 38.5 Å². The Balaban J connectivity index is 1.68. The lowest BCUT2D eigenvalue weighted by atomic mass is 10.1. The molecule has 4 nitrogen and oxygen atoms in total. The van der Waals surface area contributed by atoms with E-state index in [1.165, 1.54) is 16.8 Å². The molecular formula is C19H25N3O. The minimum absolute atomic E-state index is 0.119. The van der Waals surface area contributed by atoms with E-state index in [1.54, 1.807) is 0 Å². The molecule has 0 spiro atoms. The van der Waals surface area contributed by atoms with Gasteiger partial charge in [-0.3, -0.25) is 9.88 Å². The third-order valence-corrected chi connectivity index (χ3v) is 4.55. The van der Waals surface area contributed by atoms with Crippen molar-refractivity contribution in [1.29, 1.82) is 0 Å². The zero-order valence-corrected chi connectivity index (χ0v) is 13.7. The van der Waals surface area contributed by atoms with E-state index in [9.17, 15) is 5.11 Å². The van der Waals surface area contributed by atoms with E-state index in [2.05, 4.69) is 46.4 Å². The van der Waals surface area contributed by atoms with Crippen LogP contribution in [0.25, 0.3) is 0 Å². The third-order valence-electron chi connectivity index (χ3n) is 4.55. The molecular weight excluding hydrogens is 286 g/mol.